The van der Waals surface area contributed by atoms with Crippen LogP contribution in [0.4, 0.5) is 0 Å². The first-order valence-electron chi connectivity index (χ1n) is 7.78. The number of methoxy groups -OCH3 is 1. The fraction of sp³-hybridized carbons (Fsp3) is 0.211. The minimum absolute atomic E-state index is 0.0743. The number of hydrogen-bond donors (Lipinski definition) is 1. The number of carbonyl (C=O) groups excluding carboxylic acids is 1. The Kier molecular flexibility index (Phi) is 3.30. The van der Waals surface area contributed by atoms with Gasteiger partial charge in [0.25, 0.3) is 5.91 Å². The number of benzene rings is 2. The maximum atomic E-state index is 12.8. The molecule has 0 bridgehead atoms. The van der Waals surface area contributed by atoms with Gasteiger partial charge in [-0.25, -0.2) is 0 Å². The van der Waals surface area contributed by atoms with E-state index in [1.54, 1.807) is 7.11 Å². The fourth-order valence-corrected chi connectivity index (χ4v) is 3.26. The van der Waals surface area contributed by atoms with Crippen molar-refractivity contribution in [1.29, 1.82) is 0 Å². The molecule has 1 aromatic heterocycles. The first-order chi connectivity index (χ1) is 11.3. The van der Waals surface area contributed by atoms with Gasteiger partial charge in [0, 0.05) is 24.0 Å². The smallest absolute Gasteiger partial charge is 0.270 e. The van der Waals surface area contributed by atoms with E-state index >= 15 is 0 Å². The second-order valence-corrected chi connectivity index (χ2v) is 5.85. The summed E-state index contributed by atoms with van der Waals surface area (Å²) in [5.41, 5.74) is 3.97. The molecule has 4 rings (SSSR count). The minimum Gasteiger partial charge on any atom is -0.497 e. The number of ether oxygens (including phenoxy) is 1. The van der Waals surface area contributed by atoms with Gasteiger partial charge in [0.2, 0.25) is 0 Å². The lowest BCUT2D eigenvalue weighted by atomic mass is 10.0. The number of rotatable bonds is 3. The summed E-state index contributed by atoms with van der Waals surface area (Å²) in [6.07, 6.45) is 0.862. The van der Waals surface area contributed by atoms with Gasteiger partial charge in [0.05, 0.1) is 7.11 Å². The molecule has 0 saturated carbocycles. The van der Waals surface area contributed by atoms with E-state index in [1.807, 2.05) is 41.3 Å². The molecule has 0 aliphatic carbocycles. The van der Waals surface area contributed by atoms with Crippen LogP contribution in [-0.2, 0) is 13.0 Å². The van der Waals surface area contributed by atoms with Gasteiger partial charge in [-0.05, 0) is 35.7 Å². The summed E-state index contributed by atoms with van der Waals surface area (Å²) in [7, 11) is 1.66. The number of hydrogen-bond acceptors (Lipinski definition) is 2. The summed E-state index contributed by atoms with van der Waals surface area (Å²) in [5.74, 6) is 0.892. The highest BCUT2D eigenvalue weighted by atomic mass is 16.5. The standard InChI is InChI=1S/C19H18N2O2/c1-23-14-7-8-17-16(11-14)15-9-10-21(19(22)18(15)20-17)12-13-5-3-2-4-6-13/h2-8,11,20H,9-10,12H2,1H3. The number of nitrogens with zero attached hydrogens (tertiary/aromatic N) is 1. The highest BCUT2D eigenvalue weighted by Gasteiger charge is 2.27. The fourth-order valence-electron chi connectivity index (χ4n) is 3.26. The van der Waals surface area contributed by atoms with Crippen LogP contribution in [0.3, 0.4) is 0 Å². The Labute approximate surface area is 134 Å². The predicted octanol–water partition coefficient (Wildman–Crippen LogP) is 3.38. The van der Waals surface area contributed by atoms with E-state index in [9.17, 15) is 4.79 Å². The van der Waals surface area contributed by atoms with Crippen LogP contribution in [0.5, 0.6) is 5.75 Å². The number of nitrogens with one attached hydrogen (secondary N) is 1. The molecular formula is C19H18N2O2. The summed E-state index contributed by atoms with van der Waals surface area (Å²) >= 11 is 0. The van der Waals surface area contributed by atoms with Gasteiger partial charge >= 0.3 is 0 Å². The third kappa shape index (κ3) is 2.36. The van der Waals surface area contributed by atoms with E-state index in [0.29, 0.717) is 6.54 Å². The van der Waals surface area contributed by atoms with Crippen molar-refractivity contribution in [2.75, 3.05) is 13.7 Å². The molecule has 116 valence electrons. The number of fused-ring (bicyclic) bond motifs is 3. The van der Waals surface area contributed by atoms with Crippen molar-refractivity contribution < 1.29 is 9.53 Å². The zero-order valence-electron chi connectivity index (χ0n) is 13.0. The molecule has 4 heteroatoms. The molecule has 0 atom stereocenters. The van der Waals surface area contributed by atoms with E-state index in [0.717, 1.165) is 46.4 Å². The highest BCUT2D eigenvalue weighted by molar-refractivity contribution is 6.02. The van der Waals surface area contributed by atoms with E-state index in [-0.39, 0.29) is 5.91 Å². The van der Waals surface area contributed by atoms with Crippen molar-refractivity contribution in [2.24, 2.45) is 0 Å². The van der Waals surface area contributed by atoms with Crippen molar-refractivity contribution in [2.45, 2.75) is 13.0 Å². The molecule has 0 radical (unpaired) electrons. The monoisotopic (exact) mass is 306 g/mol. The molecule has 2 aromatic carbocycles. The van der Waals surface area contributed by atoms with E-state index in [4.69, 9.17) is 4.74 Å². The molecule has 0 spiro atoms. The molecule has 2 heterocycles. The first-order valence-corrected chi connectivity index (χ1v) is 7.78. The highest BCUT2D eigenvalue weighted by Crippen LogP contribution is 2.30. The molecule has 3 aromatic rings. The van der Waals surface area contributed by atoms with Crippen LogP contribution in [0.25, 0.3) is 10.9 Å². The van der Waals surface area contributed by atoms with Crippen LogP contribution in [0.15, 0.2) is 48.5 Å². The van der Waals surface area contributed by atoms with Crippen molar-refractivity contribution in [1.82, 2.24) is 9.88 Å². The van der Waals surface area contributed by atoms with Crippen molar-refractivity contribution >= 4 is 16.8 Å². The Hall–Kier alpha value is -2.75. The quantitative estimate of drug-likeness (QED) is 0.806. The molecule has 1 N–H and O–H groups in total. The first kappa shape index (κ1) is 13.9. The lowest BCUT2D eigenvalue weighted by Gasteiger charge is -2.27. The van der Waals surface area contributed by atoms with Gasteiger partial charge in [0.1, 0.15) is 11.4 Å². The van der Waals surface area contributed by atoms with Crippen molar-refractivity contribution in [3.05, 3.63) is 65.4 Å². The van der Waals surface area contributed by atoms with E-state index in [2.05, 4.69) is 17.1 Å². The second-order valence-electron chi connectivity index (χ2n) is 5.85. The lowest BCUT2D eigenvalue weighted by Crippen LogP contribution is -2.36. The number of aromatic amines is 1. The largest absolute Gasteiger partial charge is 0.497 e. The van der Waals surface area contributed by atoms with Crippen LogP contribution in [0.1, 0.15) is 21.6 Å². The average molecular weight is 306 g/mol. The second kappa shape index (κ2) is 5.47. The van der Waals surface area contributed by atoms with Crippen LogP contribution < -0.4 is 4.74 Å². The predicted molar refractivity (Wildman–Crippen MR) is 89.7 cm³/mol. The normalized spacial score (nSPS) is 14.1. The van der Waals surface area contributed by atoms with Gasteiger partial charge < -0.3 is 14.6 Å². The number of carbonyl (C=O) groups is 1. The van der Waals surface area contributed by atoms with Gasteiger partial charge in [-0.3, -0.25) is 4.79 Å². The van der Waals surface area contributed by atoms with E-state index < -0.39 is 0 Å². The minimum atomic E-state index is 0.0743. The van der Waals surface area contributed by atoms with Crippen LogP contribution in [0.2, 0.25) is 0 Å². The Bertz CT molecular complexity index is 868. The Balaban J connectivity index is 1.69. The third-order valence-electron chi connectivity index (χ3n) is 4.46. The Morgan fingerprint density at radius 3 is 2.78 bits per heavy atom. The number of H-pyrrole nitrogens is 1. The lowest BCUT2D eigenvalue weighted by molar-refractivity contribution is 0.0722. The Morgan fingerprint density at radius 2 is 2.00 bits per heavy atom. The molecule has 1 aliphatic rings. The summed E-state index contributed by atoms with van der Waals surface area (Å²) in [5, 5.41) is 1.09. The molecule has 0 unspecified atom stereocenters. The van der Waals surface area contributed by atoms with Gasteiger partial charge in [-0.1, -0.05) is 30.3 Å². The Morgan fingerprint density at radius 1 is 1.17 bits per heavy atom. The molecule has 0 fully saturated rings. The molecule has 4 nitrogen and oxygen atoms in total. The average Bonchev–Trinajstić information content (AvgIpc) is 2.97. The zero-order valence-corrected chi connectivity index (χ0v) is 13.0. The zero-order chi connectivity index (χ0) is 15.8. The summed E-state index contributed by atoms with van der Waals surface area (Å²) in [4.78, 5) is 18.0. The van der Waals surface area contributed by atoms with Gasteiger partial charge in [0.15, 0.2) is 0 Å². The number of aromatic nitrogens is 1. The summed E-state index contributed by atoms with van der Waals surface area (Å²) < 4.78 is 5.30. The van der Waals surface area contributed by atoms with Crippen molar-refractivity contribution in [3.63, 3.8) is 0 Å². The SMILES string of the molecule is COc1ccc2[nH]c3c(c2c1)CCN(Cc1ccccc1)C3=O. The molecule has 0 saturated heterocycles. The maximum Gasteiger partial charge on any atom is 0.270 e. The maximum absolute atomic E-state index is 12.8. The van der Waals surface area contributed by atoms with Crippen LogP contribution >= 0.6 is 0 Å². The summed E-state index contributed by atoms with van der Waals surface area (Å²) in [6, 6.07) is 16.0. The molecule has 1 amide bonds. The number of amides is 1. The van der Waals surface area contributed by atoms with Crippen LogP contribution in [0, 0.1) is 0 Å². The van der Waals surface area contributed by atoms with Gasteiger partial charge in [-0.2, -0.15) is 0 Å². The molecule has 1 aliphatic heterocycles. The molecular weight excluding hydrogens is 288 g/mol. The van der Waals surface area contributed by atoms with E-state index in [1.165, 1.54) is 0 Å². The topological polar surface area (TPSA) is 45.3 Å². The molecule has 23 heavy (non-hydrogen) atoms. The van der Waals surface area contributed by atoms with Crippen LogP contribution in [-0.4, -0.2) is 29.4 Å². The van der Waals surface area contributed by atoms with Crippen molar-refractivity contribution in [3.8, 4) is 5.75 Å². The third-order valence-corrected chi connectivity index (χ3v) is 4.46. The summed E-state index contributed by atoms with van der Waals surface area (Å²) in [6.45, 7) is 1.39. The van der Waals surface area contributed by atoms with Gasteiger partial charge in [-0.15, -0.1) is 0 Å².